The lowest BCUT2D eigenvalue weighted by Crippen LogP contribution is -2.35. The molecule has 0 saturated heterocycles. The lowest BCUT2D eigenvalue weighted by Gasteiger charge is -2.22. The van der Waals surface area contributed by atoms with Crippen molar-refractivity contribution in [2.24, 2.45) is 23.3 Å². The minimum atomic E-state index is 0.296. The average Bonchev–Trinajstić information content (AvgIpc) is 1.88. The molecule has 0 aliphatic rings. The van der Waals surface area contributed by atoms with E-state index < -0.39 is 0 Å². The Balaban J connectivity index is 3.68. The van der Waals surface area contributed by atoms with Gasteiger partial charge in [0.05, 0.1) is 0 Å². The lowest BCUT2D eigenvalue weighted by atomic mass is 9.91. The van der Waals surface area contributed by atoms with Gasteiger partial charge in [-0.3, -0.25) is 0 Å². The molecule has 0 aromatic rings. The zero-order valence-electron chi connectivity index (χ0n) is 8.01. The molecule has 0 rings (SSSR count). The molecule has 4 N–H and O–H groups in total. The van der Waals surface area contributed by atoms with Gasteiger partial charge in [0.15, 0.2) is 0 Å². The quantitative estimate of drug-likeness (QED) is 0.634. The van der Waals surface area contributed by atoms with E-state index in [4.69, 9.17) is 11.5 Å². The summed E-state index contributed by atoms with van der Waals surface area (Å²) in [6.07, 6.45) is 2.19. The van der Waals surface area contributed by atoms with E-state index in [-0.39, 0.29) is 0 Å². The molecular formula is C9H22N2. The summed E-state index contributed by atoms with van der Waals surface area (Å²) in [5.41, 5.74) is 11.5. The fourth-order valence-electron chi connectivity index (χ4n) is 1.38. The number of rotatable bonds is 5. The van der Waals surface area contributed by atoms with E-state index in [1.165, 1.54) is 0 Å². The van der Waals surface area contributed by atoms with Gasteiger partial charge in [0.25, 0.3) is 0 Å². The second-order valence-corrected chi connectivity index (χ2v) is 3.70. The summed E-state index contributed by atoms with van der Waals surface area (Å²) in [5.74, 6) is 1.20. The van der Waals surface area contributed by atoms with Crippen LogP contribution in [0.1, 0.15) is 33.6 Å². The first-order chi connectivity index (χ1) is 5.11. The van der Waals surface area contributed by atoms with E-state index >= 15 is 0 Å². The fraction of sp³-hybridized carbons (Fsp3) is 1.00. The third kappa shape index (κ3) is 4.38. The Morgan fingerprint density at radius 2 is 1.82 bits per heavy atom. The second kappa shape index (κ2) is 5.56. The molecule has 68 valence electrons. The third-order valence-corrected chi connectivity index (χ3v) is 2.18. The van der Waals surface area contributed by atoms with Gasteiger partial charge >= 0.3 is 0 Å². The van der Waals surface area contributed by atoms with Gasteiger partial charge in [0.2, 0.25) is 0 Å². The van der Waals surface area contributed by atoms with Crippen molar-refractivity contribution in [3.8, 4) is 0 Å². The van der Waals surface area contributed by atoms with Crippen LogP contribution in [0.4, 0.5) is 0 Å². The van der Waals surface area contributed by atoms with Crippen LogP contribution in [-0.4, -0.2) is 12.6 Å². The maximum Gasteiger partial charge on any atom is 0.00815 e. The van der Waals surface area contributed by atoms with Crippen molar-refractivity contribution in [3.63, 3.8) is 0 Å². The molecule has 11 heavy (non-hydrogen) atoms. The Kier molecular flexibility index (Phi) is 5.51. The first-order valence-electron chi connectivity index (χ1n) is 4.57. The smallest absolute Gasteiger partial charge is 0.00815 e. The lowest BCUT2D eigenvalue weighted by molar-refractivity contribution is 0.360. The second-order valence-electron chi connectivity index (χ2n) is 3.70. The Labute approximate surface area is 70.3 Å². The summed E-state index contributed by atoms with van der Waals surface area (Å²) in [6, 6.07) is 0.296. The van der Waals surface area contributed by atoms with Crippen molar-refractivity contribution < 1.29 is 0 Å². The van der Waals surface area contributed by atoms with Crippen LogP contribution in [0.3, 0.4) is 0 Å². The van der Waals surface area contributed by atoms with E-state index in [0.29, 0.717) is 17.9 Å². The molecule has 0 amide bonds. The molecule has 0 fully saturated rings. The Hall–Kier alpha value is -0.0800. The molecule has 0 saturated carbocycles. The number of nitrogens with two attached hydrogens (primary N) is 2. The standard InChI is InChI=1S/C9H22N2/c1-4-8(6-10)9(11)5-7(2)3/h7-9H,4-6,10-11H2,1-3H3. The molecule has 0 radical (unpaired) electrons. The van der Waals surface area contributed by atoms with Crippen molar-refractivity contribution in [1.29, 1.82) is 0 Å². The normalized spacial score (nSPS) is 16.9. The van der Waals surface area contributed by atoms with Gasteiger partial charge in [-0.15, -0.1) is 0 Å². The van der Waals surface area contributed by atoms with Crippen molar-refractivity contribution in [2.75, 3.05) is 6.54 Å². The van der Waals surface area contributed by atoms with E-state index in [2.05, 4.69) is 20.8 Å². The van der Waals surface area contributed by atoms with E-state index in [1.54, 1.807) is 0 Å². The van der Waals surface area contributed by atoms with Gasteiger partial charge in [-0.05, 0) is 24.8 Å². The first-order valence-corrected chi connectivity index (χ1v) is 4.57. The SMILES string of the molecule is CCC(CN)C(N)CC(C)C. The molecule has 2 nitrogen and oxygen atoms in total. The Morgan fingerprint density at radius 1 is 1.27 bits per heavy atom. The van der Waals surface area contributed by atoms with E-state index in [0.717, 1.165) is 19.4 Å². The summed E-state index contributed by atoms with van der Waals surface area (Å²) in [5, 5.41) is 0. The topological polar surface area (TPSA) is 52.0 Å². The minimum Gasteiger partial charge on any atom is -0.330 e. The van der Waals surface area contributed by atoms with Crippen LogP contribution in [0.25, 0.3) is 0 Å². The maximum atomic E-state index is 5.96. The van der Waals surface area contributed by atoms with Crippen LogP contribution in [0.15, 0.2) is 0 Å². The molecule has 0 aliphatic heterocycles. The van der Waals surface area contributed by atoms with Crippen molar-refractivity contribution in [3.05, 3.63) is 0 Å². The van der Waals surface area contributed by atoms with Crippen molar-refractivity contribution >= 4 is 0 Å². The van der Waals surface area contributed by atoms with Crippen LogP contribution in [0.2, 0.25) is 0 Å². The zero-order chi connectivity index (χ0) is 8.85. The van der Waals surface area contributed by atoms with Gasteiger partial charge < -0.3 is 11.5 Å². The van der Waals surface area contributed by atoms with E-state index in [1.807, 2.05) is 0 Å². The summed E-state index contributed by atoms with van der Waals surface area (Å²) >= 11 is 0. The molecule has 2 atom stereocenters. The monoisotopic (exact) mass is 158 g/mol. The van der Waals surface area contributed by atoms with Gasteiger partial charge in [-0.25, -0.2) is 0 Å². The highest BCUT2D eigenvalue weighted by atomic mass is 14.7. The summed E-state index contributed by atoms with van der Waals surface area (Å²) in [7, 11) is 0. The highest BCUT2D eigenvalue weighted by molar-refractivity contribution is 4.73. The molecule has 0 heterocycles. The molecule has 2 heteroatoms. The predicted molar refractivity (Wildman–Crippen MR) is 50.3 cm³/mol. The highest BCUT2D eigenvalue weighted by Gasteiger charge is 2.14. The Bertz CT molecular complexity index is 87.6. The highest BCUT2D eigenvalue weighted by Crippen LogP contribution is 2.12. The van der Waals surface area contributed by atoms with Crippen LogP contribution in [0, 0.1) is 11.8 Å². The van der Waals surface area contributed by atoms with Crippen molar-refractivity contribution in [2.45, 2.75) is 39.7 Å². The molecule has 0 bridgehead atoms. The van der Waals surface area contributed by atoms with Gasteiger partial charge in [0, 0.05) is 6.04 Å². The average molecular weight is 158 g/mol. The fourth-order valence-corrected chi connectivity index (χ4v) is 1.38. The summed E-state index contributed by atoms with van der Waals surface area (Å²) in [4.78, 5) is 0. The van der Waals surface area contributed by atoms with Crippen LogP contribution >= 0.6 is 0 Å². The largest absolute Gasteiger partial charge is 0.330 e. The number of hydrogen-bond acceptors (Lipinski definition) is 2. The minimum absolute atomic E-state index is 0.296. The summed E-state index contributed by atoms with van der Waals surface area (Å²) in [6.45, 7) is 7.27. The maximum absolute atomic E-state index is 5.96. The zero-order valence-corrected chi connectivity index (χ0v) is 8.01. The molecule has 0 aliphatic carbocycles. The molecule has 0 aromatic heterocycles. The van der Waals surface area contributed by atoms with Crippen LogP contribution in [-0.2, 0) is 0 Å². The third-order valence-electron chi connectivity index (χ3n) is 2.18. The first kappa shape index (κ1) is 10.9. The van der Waals surface area contributed by atoms with Crippen LogP contribution < -0.4 is 11.5 Å². The summed E-state index contributed by atoms with van der Waals surface area (Å²) < 4.78 is 0. The van der Waals surface area contributed by atoms with Gasteiger partial charge in [0.1, 0.15) is 0 Å². The number of hydrogen-bond donors (Lipinski definition) is 2. The van der Waals surface area contributed by atoms with Gasteiger partial charge in [-0.2, -0.15) is 0 Å². The Morgan fingerprint density at radius 3 is 2.09 bits per heavy atom. The van der Waals surface area contributed by atoms with Gasteiger partial charge in [-0.1, -0.05) is 27.2 Å². The molecule has 2 unspecified atom stereocenters. The molecular weight excluding hydrogens is 136 g/mol. The molecule has 0 spiro atoms. The van der Waals surface area contributed by atoms with E-state index in [9.17, 15) is 0 Å². The van der Waals surface area contributed by atoms with Crippen LogP contribution in [0.5, 0.6) is 0 Å². The molecule has 0 aromatic carbocycles. The predicted octanol–water partition coefficient (Wildman–Crippen LogP) is 1.34. The van der Waals surface area contributed by atoms with Crippen molar-refractivity contribution in [1.82, 2.24) is 0 Å².